The van der Waals surface area contributed by atoms with Crippen LogP contribution in [0.5, 0.6) is 0 Å². The summed E-state index contributed by atoms with van der Waals surface area (Å²) in [5, 5.41) is 13.0. The summed E-state index contributed by atoms with van der Waals surface area (Å²) < 4.78 is 29.7. The largest absolute Gasteiger partial charge is 0.347 e. The molecule has 186 valence electrons. The Bertz CT molecular complexity index is 1420. The molecule has 2 aromatic heterocycles. The average Bonchev–Trinajstić information content (AvgIpc) is 3.45. The first-order valence-electron chi connectivity index (χ1n) is 11.3. The zero-order valence-corrected chi connectivity index (χ0v) is 21.5. The van der Waals surface area contributed by atoms with E-state index in [1.165, 1.54) is 17.4 Å². The average molecular weight is 547 g/mol. The maximum atomic E-state index is 13.9. The van der Waals surface area contributed by atoms with Gasteiger partial charge < -0.3 is 10.6 Å². The molecular formula is C26H22Cl2F2N4OS. The molecule has 1 amide bonds. The normalized spacial score (nSPS) is 17.8. The first kappa shape index (κ1) is 24.9. The SMILES string of the molecule is Cn1ncc(Cl)c1-c1ccc(C(=O)N[C@@H]2CNCC[C@H]2c2ccc(F)c(F)c2)c(-c2csc(Cl)c2)c1. The lowest BCUT2D eigenvalue weighted by Gasteiger charge is -2.33. The summed E-state index contributed by atoms with van der Waals surface area (Å²) in [6, 6.07) is 10.9. The molecule has 4 aromatic rings. The van der Waals surface area contributed by atoms with Crippen LogP contribution in [-0.2, 0) is 7.05 Å². The number of nitrogens with one attached hydrogen (secondary N) is 2. The van der Waals surface area contributed by atoms with Gasteiger partial charge in [-0.05, 0) is 60.0 Å². The third-order valence-corrected chi connectivity index (χ3v) is 7.85. The van der Waals surface area contributed by atoms with E-state index in [-0.39, 0.29) is 17.9 Å². The number of hydrogen-bond acceptors (Lipinski definition) is 4. The summed E-state index contributed by atoms with van der Waals surface area (Å²) in [6.45, 7) is 1.23. The van der Waals surface area contributed by atoms with Crippen molar-refractivity contribution in [3.63, 3.8) is 0 Å². The summed E-state index contributed by atoms with van der Waals surface area (Å²) in [5.74, 6) is -2.20. The van der Waals surface area contributed by atoms with Gasteiger partial charge >= 0.3 is 0 Å². The lowest BCUT2D eigenvalue weighted by molar-refractivity contribution is 0.0925. The highest BCUT2D eigenvalue weighted by Crippen LogP contribution is 2.36. The number of carbonyl (C=O) groups is 1. The fourth-order valence-corrected chi connectivity index (χ4v) is 5.87. The van der Waals surface area contributed by atoms with Crippen LogP contribution >= 0.6 is 34.5 Å². The molecule has 1 saturated heterocycles. The number of carbonyl (C=O) groups excluding carboxylic acids is 1. The quantitative estimate of drug-likeness (QED) is 0.310. The smallest absolute Gasteiger partial charge is 0.252 e. The van der Waals surface area contributed by atoms with E-state index in [0.717, 1.165) is 29.4 Å². The second-order valence-corrected chi connectivity index (χ2v) is 10.7. The predicted octanol–water partition coefficient (Wildman–Crippen LogP) is 6.28. The van der Waals surface area contributed by atoms with Crippen LogP contribution in [0.15, 0.2) is 54.0 Å². The minimum atomic E-state index is -0.892. The number of rotatable bonds is 5. The lowest BCUT2D eigenvalue weighted by atomic mass is 9.85. The predicted molar refractivity (Wildman–Crippen MR) is 140 cm³/mol. The molecule has 0 aliphatic carbocycles. The van der Waals surface area contributed by atoms with E-state index >= 15 is 0 Å². The second kappa shape index (κ2) is 10.3. The Labute approximate surface area is 221 Å². The monoisotopic (exact) mass is 546 g/mol. The molecule has 2 atom stereocenters. The Morgan fingerprint density at radius 2 is 1.97 bits per heavy atom. The fourth-order valence-electron chi connectivity index (χ4n) is 4.71. The van der Waals surface area contributed by atoms with Crippen molar-refractivity contribution in [2.45, 2.75) is 18.4 Å². The highest BCUT2D eigenvalue weighted by atomic mass is 35.5. The highest BCUT2D eigenvalue weighted by molar-refractivity contribution is 7.14. The third-order valence-electron chi connectivity index (χ3n) is 6.48. The molecule has 0 radical (unpaired) electrons. The van der Waals surface area contributed by atoms with Gasteiger partial charge in [-0.2, -0.15) is 5.10 Å². The molecule has 10 heteroatoms. The van der Waals surface area contributed by atoms with E-state index in [0.29, 0.717) is 39.0 Å². The van der Waals surface area contributed by atoms with Gasteiger partial charge in [-0.25, -0.2) is 8.78 Å². The molecule has 5 rings (SSSR count). The molecule has 0 spiro atoms. The van der Waals surface area contributed by atoms with E-state index < -0.39 is 11.6 Å². The molecule has 0 unspecified atom stereocenters. The molecule has 1 fully saturated rings. The van der Waals surface area contributed by atoms with Crippen molar-refractivity contribution in [2.24, 2.45) is 7.05 Å². The number of aromatic nitrogens is 2. The molecule has 1 aliphatic heterocycles. The zero-order valence-electron chi connectivity index (χ0n) is 19.2. The molecule has 2 aromatic carbocycles. The van der Waals surface area contributed by atoms with Gasteiger partial charge in [-0.3, -0.25) is 9.48 Å². The first-order valence-corrected chi connectivity index (χ1v) is 13.0. The Morgan fingerprint density at radius 3 is 2.67 bits per heavy atom. The van der Waals surface area contributed by atoms with Gasteiger partial charge in [0.15, 0.2) is 11.6 Å². The van der Waals surface area contributed by atoms with E-state index in [9.17, 15) is 13.6 Å². The topological polar surface area (TPSA) is 59.0 Å². The van der Waals surface area contributed by atoms with Crippen molar-refractivity contribution in [2.75, 3.05) is 13.1 Å². The lowest BCUT2D eigenvalue weighted by Crippen LogP contribution is -2.50. The van der Waals surface area contributed by atoms with Crippen molar-refractivity contribution in [1.29, 1.82) is 0 Å². The Morgan fingerprint density at radius 1 is 1.14 bits per heavy atom. The maximum Gasteiger partial charge on any atom is 0.252 e. The van der Waals surface area contributed by atoms with Crippen molar-refractivity contribution in [3.8, 4) is 22.4 Å². The van der Waals surface area contributed by atoms with Crippen molar-refractivity contribution in [3.05, 3.63) is 86.2 Å². The van der Waals surface area contributed by atoms with Gasteiger partial charge in [0, 0.05) is 42.1 Å². The van der Waals surface area contributed by atoms with E-state index in [2.05, 4.69) is 15.7 Å². The zero-order chi connectivity index (χ0) is 25.4. The number of aryl methyl sites for hydroxylation is 1. The van der Waals surface area contributed by atoms with E-state index in [1.807, 2.05) is 23.6 Å². The van der Waals surface area contributed by atoms with Gasteiger partial charge in [0.2, 0.25) is 0 Å². The van der Waals surface area contributed by atoms with Crippen LogP contribution in [0.3, 0.4) is 0 Å². The van der Waals surface area contributed by atoms with Gasteiger partial charge in [0.25, 0.3) is 5.91 Å². The molecule has 1 aliphatic rings. The number of amides is 1. The van der Waals surface area contributed by atoms with Gasteiger partial charge in [-0.1, -0.05) is 35.3 Å². The molecule has 0 bridgehead atoms. The van der Waals surface area contributed by atoms with Crippen LogP contribution in [0.2, 0.25) is 9.36 Å². The Balaban J connectivity index is 1.49. The van der Waals surface area contributed by atoms with Crippen molar-refractivity contribution >= 4 is 40.4 Å². The standard InChI is InChI=1S/C26H22Cl2F2N4OS/c1-34-25(20(27)11-32-34)15-2-4-18(19(8-15)16-10-24(28)36-13-16)26(35)33-23-12-31-7-6-17(23)14-3-5-21(29)22(30)9-14/h2-5,8-11,13,17,23,31H,6-7,12H2,1H3,(H,33,35)/t17-,23+/m0/s1. The number of nitrogens with zero attached hydrogens (tertiary/aromatic N) is 2. The number of halogens is 4. The summed E-state index contributed by atoms with van der Waals surface area (Å²) in [5.41, 5.74) is 4.20. The molecule has 36 heavy (non-hydrogen) atoms. The second-order valence-electron chi connectivity index (χ2n) is 8.72. The Kier molecular flexibility index (Phi) is 7.12. The minimum absolute atomic E-state index is 0.156. The summed E-state index contributed by atoms with van der Waals surface area (Å²) in [7, 11) is 1.80. The molecular weight excluding hydrogens is 525 g/mol. The van der Waals surface area contributed by atoms with Gasteiger partial charge in [-0.15, -0.1) is 11.3 Å². The fraction of sp³-hybridized carbons (Fsp3) is 0.231. The van der Waals surface area contributed by atoms with Crippen LogP contribution in [-0.4, -0.2) is 34.8 Å². The first-order chi connectivity index (χ1) is 17.3. The number of hydrogen-bond donors (Lipinski definition) is 2. The van der Waals surface area contributed by atoms with E-state index in [4.69, 9.17) is 23.2 Å². The van der Waals surface area contributed by atoms with Crippen LogP contribution in [0, 0.1) is 11.6 Å². The summed E-state index contributed by atoms with van der Waals surface area (Å²) in [4.78, 5) is 13.6. The molecule has 0 saturated carbocycles. The van der Waals surface area contributed by atoms with Crippen LogP contribution in [0.25, 0.3) is 22.4 Å². The number of benzene rings is 2. The highest BCUT2D eigenvalue weighted by Gasteiger charge is 2.29. The van der Waals surface area contributed by atoms with Crippen LogP contribution in [0.1, 0.15) is 28.3 Å². The van der Waals surface area contributed by atoms with E-state index in [1.54, 1.807) is 30.1 Å². The van der Waals surface area contributed by atoms with Gasteiger partial charge in [0.05, 0.1) is 21.2 Å². The van der Waals surface area contributed by atoms with Crippen LogP contribution < -0.4 is 10.6 Å². The number of thiophene rings is 1. The maximum absolute atomic E-state index is 13.9. The van der Waals surface area contributed by atoms with Crippen LogP contribution in [0.4, 0.5) is 8.78 Å². The summed E-state index contributed by atoms with van der Waals surface area (Å²) >= 11 is 14.0. The van der Waals surface area contributed by atoms with Crippen molar-refractivity contribution in [1.82, 2.24) is 20.4 Å². The molecule has 2 N–H and O–H groups in total. The molecule has 3 heterocycles. The minimum Gasteiger partial charge on any atom is -0.347 e. The van der Waals surface area contributed by atoms with Crippen molar-refractivity contribution < 1.29 is 13.6 Å². The Hall–Kier alpha value is -2.78. The third kappa shape index (κ3) is 4.91. The summed E-state index contributed by atoms with van der Waals surface area (Å²) in [6.07, 6.45) is 2.26. The van der Waals surface area contributed by atoms with Gasteiger partial charge in [0.1, 0.15) is 0 Å². The molecule has 5 nitrogen and oxygen atoms in total. The number of piperidine rings is 1.